The van der Waals surface area contributed by atoms with Crippen LogP contribution in [0.1, 0.15) is 42.0 Å². The maximum atomic E-state index is 10.1. The van der Waals surface area contributed by atoms with Crippen molar-refractivity contribution in [2.75, 3.05) is 5.33 Å². The minimum atomic E-state index is -0.0862. The van der Waals surface area contributed by atoms with Gasteiger partial charge in [-0.25, -0.2) is 0 Å². The van der Waals surface area contributed by atoms with E-state index in [1.54, 1.807) is 0 Å². The minimum absolute atomic E-state index is 0.0862. The summed E-state index contributed by atoms with van der Waals surface area (Å²) in [6.07, 6.45) is 3.00. The van der Waals surface area contributed by atoms with Gasteiger partial charge in [0, 0.05) is 10.9 Å². The van der Waals surface area contributed by atoms with Gasteiger partial charge in [-0.3, -0.25) is 0 Å². The number of benzene rings is 1. The summed E-state index contributed by atoms with van der Waals surface area (Å²) in [4.78, 5) is 0. The lowest BCUT2D eigenvalue weighted by atomic mass is 9.86. The lowest BCUT2D eigenvalue weighted by Crippen LogP contribution is -2.37. The summed E-state index contributed by atoms with van der Waals surface area (Å²) in [5.41, 5.74) is 4.09. The molecule has 0 unspecified atom stereocenters. The van der Waals surface area contributed by atoms with Gasteiger partial charge in [-0.2, -0.15) is 0 Å². The molecule has 100 valence electrons. The zero-order valence-corrected chi connectivity index (χ0v) is 13.1. The Balaban J connectivity index is 2.50. The van der Waals surface area contributed by atoms with Gasteiger partial charge in [0.15, 0.2) is 0 Å². The van der Waals surface area contributed by atoms with Crippen LogP contribution in [-0.4, -0.2) is 16.0 Å². The molecule has 1 atom stereocenters. The van der Waals surface area contributed by atoms with E-state index in [9.17, 15) is 5.11 Å². The molecule has 0 saturated heterocycles. The number of hydrogen-bond acceptors (Lipinski definition) is 2. The second-order valence-electron chi connectivity index (χ2n) is 5.52. The Bertz CT molecular complexity index is 482. The van der Waals surface area contributed by atoms with Crippen molar-refractivity contribution in [1.82, 2.24) is 0 Å². The van der Waals surface area contributed by atoms with Gasteiger partial charge in [0.1, 0.15) is 17.1 Å². The van der Waals surface area contributed by atoms with E-state index in [-0.39, 0.29) is 5.60 Å². The Morgan fingerprint density at radius 1 is 1.22 bits per heavy atom. The Kier molecular flexibility index (Phi) is 3.63. The summed E-state index contributed by atoms with van der Waals surface area (Å²) in [7, 11) is 0. The third kappa shape index (κ3) is 2.13. The molecule has 0 aromatic heterocycles. The van der Waals surface area contributed by atoms with Crippen LogP contribution in [0, 0.1) is 20.8 Å². The summed E-state index contributed by atoms with van der Waals surface area (Å²) in [6.45, 7) is 8.15. The summed E-state index contributed by atoms with van der Waals surface area (Å²) in [5.74, 6) is 1.43. The zero-order chi connectivity index (χ0) is 13.5. The molecule has 2 rings (SSSR count). The Labute approximate surface area is 117 Å². The van der Waals surface area contributed by atoms with Gasteiger partial charge in [0.25, 0.3) is 0 Å². The van der Waals surface area contributed by atoms with Crippen LogP contribution >= 0.6 is 15.9 Å². The van der Waals surface area contributed by atoms with Crippen LogP contribution in [0.15, 0.2) is 0 Å². The number of fused-ring (bicyclic) bond motifs is 1. The zero-order valence-electron chi connectivity index (χ0n) is 11.6. The van der Waals surface area contributed by atoms with Crippen molar-refractivity contribution in [1.29, 1.82) is 0 Å². The topological polar surface area (TPSA) is 29.5 Å². The summed E-state index contributed by atoms with van der Waals surface area (Å²) < 4.78 is 6.27. The molecular formula is C15H21BrO2. The molecule has 0 spiro atoms. The molecular weight excluding hydrogens is 292 g/mol. The average Bonchev–Trinajstić information content (AvgIpc) is 2.34. The van der Waals surface area contributed by atoms with Gasteiger partial charge in [-0.05, 0) is 63.6 Å². The molecule has 1 aromatic carbocycles. The standard InChI is InChI=1S/C15H21BrO2/c1-9-10(2)14-12(11(3)13(9)17)5-6-15(4,18-14)7-8-16/h17H,5-8H2,1-4H3/t15-/m1/s1. The molecule has 1 heterocycles. The lowest BCUT2D eigenvalue weighted by Gasteiger charge is -2.37. The maximum absolute atomic E-state index is 10.1. The fourth-order valence-corrected chi connectivity index (χ4v) is 3.51. The van der Waals surface area contributed by atoms with E-state index in [4.69, 9.17) is 4.74 Å². The fraction of sp³-hybridized carbons (Fsp3) is 0.600. The molecule has 3 heteroatoms. The van der Waals surface area contributed by atoms with Crippen LogP contribution in [0.3, 0.4) is 0 Å². The quantitative estimate of drug-likeness (QED) is 0.830. The number of aromatic hydroxyl groups is 1. The predicted octanol–water partition coefficient (Wildman–Crippen LogP) is 4.19. The molecule has 1 aromatic rings. The molecule has 0 bridgehead atoms. The molecule has 0 radical (unpaired) electrons. The van der Waals surface area contributed by atoms with Crippen LogP contribution in [0.2, 0.25) is 0 Å². The number of ether oxygens (including phenoxy) is 1. The highest BCUT2D eigenvalue weighted by Gasteiger charge is 2.33. The van der Waals surface area contributed by atoms with E-state index in [0.717, 1.165) is 47.0 Å². The number of phenolic OH excluding ortho intramolecular Hbond substituents is 1. The van der Waals surface area contributed by atoms with Gasteiger partial charge in [-0.1, -0.05) is 15.9 Å². The number of alkyl halides is 1. The number of halogens is 1. The van der Waals surface area contributed by atoms with Gasteiger partial charge < -0.3 is 9.84 Å². The predicted molar refractivity (Wildman–Crippen MR) is 78.1 cm³/mol. The molecule has 1 aliphatic rings. The summed E-state index contributed by atoms with van der Waals surface area (Å²) in [5, 5.41) is 11.1. The third-order valence-electron chi connectivity index (χ3n) is 4.22. The van der Waals surface area contributed by atoms with Gasteiger partial charge in [0.05, 0.1) is 0 Å². The van der Waals surface area contributed by atoms with E-state index < -0.39 is 0 Å². The molecule has 1 aliphatic heterocycles. The monoisotopic (exact) mass is 312 g/mol. The van der Waals surface area contributed by atoms with E-state index in [1.807, 2.05) is 20.8 Å². The van der Waals surface area contributed by atoms with Gasteiger partial charge >= 0.3 is 0 Å². The first-order chi connectivity index (χ1) is 8.39. The van der Waals surface area contributed by atoms with Crippen LogP contribution in [0.25, 0.3) is 0 Å². The number of hydrogen-bond donors (Lipinski definition) is 1. The molecule has 0 saturated carbocycles. The molecule has 1 N–H and O–H groups in total. The largest absolute Gasteiger partial charge is 0.507 e. The second kappa shape index (κ2) is 4.76. The molecule has 2 nitrogen and oxygen atoms in total. The highest BCUT2D eigenvalue weighted by atomic mass is 79.9. The molecule has 0 aliphatic carbocycles. The number of phenols is 1. The molecule has 0 fully saturated rings. The summed E-state index contributed by atoms with van der Waals surface area (Å²) >= 11 is 3.50. The first kappa shape index (κ1) is 13.7. The van der Waals surface area contributed by atoms with Crippen LogP contribution in [-0.2, 0) is 6.42 Å². The molecule has 18 heavy (non-hydrogen) atoms. The van der Waals surface area contributed by atoms with Crippen molar-refractivity contribution in [2.24, 2.45) is 0 Å². The second-order valence-corrected chi connectivity index (χ2v) is 6.32. The lowest BCUT2D eigenvalue weighted by molar-refractivity contribution is 0.0613. The average molecular weight is 313 g/mol. The van der Waals surface area contributed by atoms with E-state index in [2.05, 4.69) is 22.9 Å². The molecule has 0 amide bonds. The highest BCUT2D eigenvalue weighted by molar-refractivity contribution is 9.09. The summed E-state index contributed by atoms with van der Waals surface area (Å²) in [6, 6.07) is 0. The Morgan fingerprint density at radius 3 is 2.50 bits per heavy atom. The first-order valence-electron chi connectivity index (χ1n) is 6.46. The SMILES string of the molecule is Cc1c(C)c2c(c(C)c1O)CC[C@](C)(CCBr)O2. The van der Waals surface area contributed by atoms with Gasteiger partial charge in [0.2, 0.25) is 0 Å². The van der Waals surface area contributed by atoms with Crippen molar-refractivity contribution in [3.05, 3.63) is 22.3 Å². The van der Waals surface area contributed by atoms with Crippen molar-refractivity contribution >= 4 is 15.9 Å². The highest BCUT2D eigenvalue weighted by Crippen LogP contribution is 2.44. The Hall–Kier alpha value is -0.700. The van der Waals surface area contributed by atoms with E-state index in [1.165, 1.54) is 5.56 Å². The van der Waals surface area contributed by atoms with Crippen molar-refractivity contribution in [3.63, 3.8) is 0 Å². The first-order valence-corrected chi connectivity index (χ1v) is 7.58. The van der Waals surface area contributed by atoms with Crippen molar-refractivity contribution in [2.45, 2.75) is 52.6 Å². The van der Waals surface area contributed by atoms with E-state index >= 15 is 0 Å². The minimum Gasteiger partial charge on any atom is -0.507 e. The van der Waals surface area contributed by atoms with Crippen LogP contribution in [0.4, 0.5) is 0 Å². The Morgan fingerprint density at radius 2 is 1.89 bits per heavy atom. The smallest absolute Gasteiger partial charge is 0.127 e. The van der Waals surface area contributed by atoms with Crippen LogP contribution < -0.4 is 4.74 Å². The maximum Gasteiger partial charge on any atom is 0.127 e. The van der Waals surface area contributed by atoms with E-state index in [0.29, 0.717) is 5.75 Å². The number of rotatable bonds is 2. The van der Waals surface area contributed by atoms with Crippen molar-refractivity contribution in [3.8, 4) is 11.5 Å². The fourth-order valence-electron chi connectivity index (χ4n) is 2.67. The van der Waals surface area contributed by atoms with Gasteiger partial charge in [-0.15, -0.1) is 0 Å². The van der Waals surface area contributed by atoms with Crippen LogP contribution in [0.5, 0.6) is 11.5 Å². The normalized spacial score (nSPS) is 22.5. The van der Waals surface area contributed by atoms with Crippen molar-refractivity contribution < 1.29 is 9.84 Å². The third-order valence-corrected chi connectivity index (χ3v) is 4.61.